The van der Waals surface area contributed by atoms with Crippen molar-refractivity contribution >= 4 is 11.7 Å². The molecule has 1 aromatic carbocycles. The predicted octanol–water partition coefficient (Wildman–Crippen LogP) is 1.99. The molecule has 116 valence electrons. The zero-order valence-corrected chi connectivity index (χ0v) is 12.9. The van der Waals surface area contributed by atoms with Gasteiger partial charge in [-0.3, -0.25) is 9.69 Å². The molecule has 0 saturated carbocycles. The van der Waals surface area contributed by atoms with Crippen molar-refractivity contribution in [3.63, 3.8) is 0 Å². The predicted molar refractivity (Wildman–Crippen MR) is 86.5 cm³/mol. The minimum Gasteiger partial charge on any atom is -0.387 e. The second-order valence-corrected chi connectivity index (χ2v) is 5.39. The van der Waals surface area contributed by atoms with Gasteiger partial charge < -0.3 is 10.4 Å². The van der Waals surface area contributed by atoms with E-state index in [1.807, 2.05) is 43.3 Å². The molecule has 0 fully saturated rings. The normalized spacial score (nSPS) is 12.2. The number of hydrogen-bond acceptors (Lipinski definition) is 4. The van der Waals surface area contributed by atoms with Gasteiger partial charge in [-0.15, -0.1) is 0 Å². The van der Waals surface area contributed by atoms with Gasteiger partial charge in [0, 0.05) is 12.7 Å². The van der Waals surface area contributed by atoms with Crippen LogP contribution in [0.1, 0.15) is 17.2 Å². The third-order valence-electron chi connectivity index (χ3n) is 3.26. The molecule has 0 aliphatic heterocycles. The van der Waals surface area contributed by atoms with Crippen LogP contribution >= 0.6 is 0 Å². The number of benzene rings is 1. The van der Waals surface area contributed by atoms with E-state index < -0.39 is 6.10 Å². The molecule has 0 bridgehead atoms. The number of rotatable bonds is 6. The number of nitrogens with zero attached hydrogens (tertiary/aromatic N) is 2. The van der Waals surface area contributed by atoms with Crippen LogP contribution in [0, 0.1) is 6.92 Å². The monoisotopic (exact) mass is 299 g/mol. The fraction of sp³-hybridized carbons (Fsp3) is 0.294. The summed E-state index contributed by atoms with van der Waals surface area (Å²) in [6.45, 7) is 2.52. The first kappa shape index (κ1) is 16.1. The average molecular weight is 299 g/mol. The van der Waals surface area contributed by atoms with Gasteiger partial charge in [0.2, 0.25) is 5.91 Å². The summed E-state index contributed by atoms with van der Waals surface area (Å²) >= 11 is 0. The summed E-state index contributed by atoms with van der Waals surface area (Å²) in [6.07, 6.45) is 1.09. The zero-order chi connectivity index (χ0) is 15.9. The van der Waals surface area contributed by atoms with E-state index >= 15 is 0 Å². The number of hydrogen-bond donors (Lipinski definition) is 2. The summed E-state index contributed by atoms with van der Waals surface area (Å²) in [6, 6.07) is 13.1. The van der Waals surface area contributed by atoms with Crippen molar-refractivity contribution in [1.82, 2.24) is 9.88 Å². The highest BCUT2D eigenvalue weighted by atomic mass is 16.3. The first-order valence-corrected chi connectivity index (χ1v) is 7.18. The van der Waals surface area contributed by atoms with Gasteiger partial charge in [0.1, 0.15) is 5.82 Å². The average Bonchev–Trinajstić information content (AvgIpc) is 2.50. The fourth-order valence-corrected chi connectivity index (χ4v) is 2.11. The SMILES string of the molecule is Cc1ccc(NC(=O)CN(C)CC(O)c2ccccc2)nc1. The number of pyridine rings is 1. The second kappa shape index (κ2) is 7.68. The lowest BCUT2D eigenvalue weighted by Gasteiger charge is -2.20. The molecule has 0 saturated heterocycles. The molecule has 0 spiro atoms. The Balaban J connectivity index is 1.82. The number of likely N-dealkylation sites (N-methyl/N-ethyl adjacent to an activating group) is 1. The van der Waals surface area contributed by atoms with Crippen molar-refractivity contribution in [3.05, 3.63) is 59.8 Å². The lowest BCUT2D eigenvalue weighted by atomic mass is 10.1. The molecular formula is C17H21N3O2. The molecule has 0 aliphatic carbocycles. The fourth-order valence-electron chi connectivity index (χ4n) is 2.11. The van der Waals surface area contributed by atoms with Crippen LogP contribution in [0.5, 0.6) is 0 Å². The van der Waals surface area contributed by atoms with E-state index in [1.54, 1.807) is 24.2 Å². The summed E-state index contributed by atoms with van der Waals surface area (Å²) in [5, 5.41) is 12.9. The number of aliphatic hydroxyl groups excluding tert-OH is 1. The second-order valence-electron chi connectivity index (χ2n) is 5.39. The number of nitrogens with one attached hydrogen (secondary N) is 1. The Morgan fingerprint density at radius 1 is 1.27 bits per heavy atom. The summed E-state index contributed by atoms with van der Waals surface area (Å²) in [7, 11) is 1.80. The highest BCUT2D eigenvalue weighted by Gasteiger charge is 2.13. The molecule has 2 aromatic rings. The van der Waals surface area contributed by atoms with Crippen LogP contribution in [0.4, 0.5) is 5.82 Å². The van der Waals surface area contributed by atoms with E-state index in [2.05, 4.69) is 10.3 Å². The number of anilines is 1. The molecule has 0 radical (unpaired) electrons. The molecule has 5 nitrogen and oxygen atoms in total. The maximum Gasteiger partial charge on any atom is 0.239 e. The van der Waals surface area contributed by atoms with Crippen LogP contribution in [-0.2, 0) is 4.79 Å². The van der Waals surface area contributed by atoms with Crippen LogP contribution in [0.3, 0.4) is 0 Å². The number of aryl methyl sites for hydroxylation is 1. The summed E-state index contributed by atoms with van der Waals surface area (Å²) in [5.74, 6) is 0.381. The molecule has 1 amide bonds. The van der Waals surface area contributed by atoms with Crippen molar-refractivity contribution < 1.29 is 9.90 Å². The minimum absolute atomic E-state index is 0.154. The van der Waals surface area contributed by atoms with Gasteiger partial charge in [0.15, 0.2) is 0 Å². The topological polar surface area (TPSA) is 65.5 Å². The Hall–Kier alpha value is -2.24. The van der Waals surface area contributed by atoms with Crippen LogP contribution in [-0.4, -0.2) is 41.0 Å². The molecule has 5 heteroatoms. The van der Waals surface area contributed by atoms with Gasteiger partial charge >= 0.3 is 0 Å². The number of aliphatic hydroxyl groups is 1. The third kappa shape index (κ3) is 4.95. The molecule has 1 atom stereocenters. The van der Waals surface area contributed by atoms with Gasteiger partial charge in [-0.05, 0) is 31.2 Å². The molecule has 2 rings (SSSR count). The largest absolute Gasteiger partial charge is 0.387 e. The van der Waals surface area contributed by atoms with Gasteiger partial charge in [0.25, 0.3) is 0 Å². The van der Waals surface area contributed by atoms with Crippen molar-refractivity contribution in [1.29, 1.82) is 0 Å². The van der Waals surface area contributed by atoms with E-state index in [0.29, 0.717) is 12.4 Å². The van der Waals surface area contributed by atoms with Crippen LogP contribution in [0.25, 0.3) is 0 Å². The Bertz CT molecular complexity index is 599. The Labute approximate surface area is 130 Å². The number of carbonyl (C=O) groups is 1. The van der Waals surface area contributed by atoms with Gasteiger partial charge in [-0.25, -0.2) is 4.98 Å². The van der Waals surface area contributed by atoms with Crippen LogP contribution in [0.2, 0.25) is 0 Å². The summed E-state index contributed by atoms with van der Waals surface area (Å²) in [4.78, 5) is 17.9. The Morgan fingerprint density at radius 3 is 2.64 bits per heavy atom. The van der Waals surface area contributed by atoms with Crippen LogP contribution < -0.4 is 5.32 Å². The highest BCUT2D eigenvalue weighted by molar-refractivity contribution is 5.91. The molecule has 1 unspecified atom stereocenters. The quantitative estimate of drug-likeness (QED) is 0.856. The molecule has 22 heavy (non-hydrogen) atoms. The number of aromatic nitrogens is 1. The number of carbonyl (C=O) groups excluding carboxylic acids is 1. The first-order chi connectivity index (χ1) is 10.5. The van der Waals surface area contributed by atoms with E-state index in [0.717, 1.165) is 11.1 Å². The lowest BCUT2D eigenvalue weighted by molar-refractivity contribution is -0.117. The Morgan fingerprint density at radius 2 is 2.00 bits per heavy atom. The van der Waals surface area contributed by atoms with E-state index in [4.69, 9.17) is 0 Å². The van der Waals surface area contributed by atoms with Gasteiger partial charge in [-0.1, -0.05) is 36.4 Å². The van der Waals surface area contributed by atoms with Crippen molar-refractivity contribution in [2.45, 2.75) is 13.0 Å². The van der Waals surface area contributed by atoms with Crippen molar-refractivity contribution in [2.24, 2.45) is 0 Å². The highest BCUT2D eigenvalue weighted by Crippen LogP contribution is 2.13. The molecule has 2 N–H and O–H groups in total. The summed E-state index contributed by atoms with van der Waals surface area (Å²) in [5.41, 5.74) is 1.89. The molecule has 1 heterocycles. The van der Waals surface area contributed by atoms with E-state index in [-0.39, 0.29) is 12.5 Å². The van der Waals surface area contributed by atoms with Crippen molar-refractivity contribution in [2.75, 3.05) is 25.5 Å². The van der Waals surface area contributed by atoms with E-state index in [1.165, 1.54) is 0 Å². The van der Waals surface area contributed by atoms with Crippen molar-refractivity contribution in [3.8, 4) is 0 Å². The Kier molecular flexibility index (Phi) is 5.63. The molecular weight excluding hydrogens is 278 g/mol. The molecule has 0 aliphatic rings. The standard InChI is InChI=1S/C17H21N3O2/c1-13-8-9-16(18-10-13)19-17(22)12-20(2)11-15(21)14-6-4-3-5-7-14/h3-10,15,21H,11-12H2,1-2H3,(H,18,19,22). The maximum atomic E-state index is 12.0. The van der Waals surface area contributed by atoms with E-state index in [9.17, 15) is 9.90 Å². The maximum absolute atomic E-state index is 12.0. The smallest absolute Gasteiger partial charge is 0.239 e. The third-order valence-corrected chi connectivity index (χ3v) is 3.26. The lowest BCUT2D eigenvalue weighted by Crippen LogP contribution is -2.33. The zero-order valence-electron chi connectivity index (χ0n) is 12.9. The van der Waals surface area contributed by atoms with Gasteiger partial charge in [-0.2, -0.15) is 0 Å². The van der Waals surface area contributed by atoms with Gasteiger partial charge in [0.05, 0.1) is 12.6 Å². The minimum atomic E-state index is -0.614. The first-order valence-electron chi connectivity index (χ1n) is 7.18. The van der Waals surface area contributed by atoms with Crippen LogP contribution in [0.15, 0.2) is 48.7 Å². The summed E-state index contributed by atoms with van der Waals surface area (Å²) < 4.78 is 0. The molecule has 1 aromatic heterocycles. The number of amides is 1.